The minimum atomic E-state index is -0.210. The fourth-order valence-electron chi connectivity index (χ4n) is 1.81. The smallest absolute Gasteiger partial charge is 0.333 e. The number of unbranched alkanes of at least 4 members (excludes halogenated alkanes) is 4. The molecule has 1 unspecified atom stereocenters. The van der Waals surface area contributed by atoms with Gasteiger partial charge in [0.2, 0.25) is 0 Å². The Hall–Kier alpha value is -0.790. The molecule has 0 saturated carbocycles. The van der Waals surface area contributed by atoms with E-state index in [1.165, 1.54) is 39.2 Å². The Bertz CT molecular complexity index is 219. The third-order valence-corrected chi connectivity index (χ3v) is 2.80. The second kappa shape index (κ2) is 9.44. The fourth-order valence-corrected chi connectivity index (χ4v) is 1.81. The molecular weight excluding hydrogens is 200 g/mol. The number of carbonyl (C=O) groups is 1. The first-order valence-corrected chi connectivity index (χ1v) is 6.38. The maximum atomic E-state index is 11.2. The zero-order valence-electron chi connectivity index (χ0n) is 11.2. The maximum Gasteiger partial charge on any atom is 0.333 e. The Balaban J connectivity index is 3.72. The number of methoxy groups -OCH3 is 1. The van der Waals surface area contributed by atoms with Crippen molar-refractivity contribution in [2.75, 3.05) is 7.11 Å². The van der Waals surface area contributed by atoms with Crippen LogP contribution in [0.4, 0.5) is 0 Å². The number of esters is 1. The van der Waals surface area contributed by atoms with Crippen LogP contribution in [0.1, 0.15) is 59.3 Å². The topological polar surface area (TPSA) is 26.3 Å². The van der Waals surface area contributed by atoms with Crippen LogP contribution in [0.3, 0.4) is 0 Å². The van der Waals surface area contributed by atoms with E-state index in [1.807, 2.05) is 13.0 Å². The van der Waals surface area contributed by atoms with Gasteiger partial charge in [0, 0.05) is 5.57 Å². The Labute approximate surface area is 100 Å². The van der Waals surface area contributed by atoms with Gasteiger partial charge < -0.3 is 4.74 Å². The largest absolute Gasteiger partial charge is 0.466 e. The van der Waals surface area contributed by atoms with Gasteiger partial charge >= 0.3 is 5.97 Å². The van der Waals surface area contributed by atoms with Gasteiger partial charge in [0.05, 0.1) is 7.11 Å². The van der Waals surface area contributed by atoms with Gasteiger partial charge in [-0.3, -0.25) is 0 Å². The summed E-state index contributed by atoms with van der Waals surface area (Å²) < 4.78 is 4.66. The molecule has 0 N–H and O–H groups in total. The lowest BCUT2D eigenvalue weighted by Crippen LogP contribution is -2.03. The van der Waals surface area contributed by atoms with Crippen LogP contribution in [0, 0.1) is 5.92 Å². The number of hydrogen-bond acceptors (Lipinski definition) is 2. The van der Waals surface area contributed by atoms with Gasteiger partial charge in [0.1, 0.15) is 0 Å². The standard InChI is InChI=1S/C14H26O2/c1-5-6-7-8-9-10-12(2)11-13(3)14(15)16-4/h11-12H,5-10H2,1-4H3. The molecule has 0 fully saturated rings. The van der Waals surface area contributed by atoms with Gasteiger partial charge in [0.15, 0.2) is 0 Å². The van der Waals surface area contributed by atoms with Gasteiger partial charge in [-0.25, -0.2) is 4.79 Å². The highest BCUT2D eigenvalue weighted by Crippen LogP contribution is 2.14. The van der Waals surface area contributed by atoms with E-state index in [9.17, 15) is 4.79 Å². The summed E-state index contributed by atoms with van der Waals surface area (Å²) in [4.78, 5) is 11.2. The van der Waals surface area contributed by atoms with Crippen molar-refractivity contribution in [3.8, 4) is 0 Å². The second-order valence-electron chi connectivity index (χ2n) is 4.52. The van der Waals surface area contributed by atoms with Crippen molar-refractivity contribution in [3.63, 3.8) is 0 Å². The van der Waals surface area contributed by atoms with E-state index in [4.69, 9.17) is 0 Å². The Kier molecular flexibility index (Phi) is 8.97. The zero-order valence-corrected chi connectivity index (χ0v) is 11.2. The van der Waals surface area contributed by atoms with Gasteiger partial charge in [-0.1, -0.05) is 52.0 Å². The number of rotatable bonds is 8. The summed E-state index contributed by atoms with van der Waals surface area (Å²) in [7, 11) is 1.43. The fraction of sp³-hybridized carbons (Fsp3) is 0.786. The average molecular weight is 226 g/mol. The lowest BCUT2D eigenvalue weighted by molar-refractivity contribution is -0.136. The van der Waals surface area contributed by atoms with Crippen molar-refractivity contribution in [2.45, 2.75) is 59.3 Å². The SMILES string of the molecule is CCCCCCCC(C)C=C(C)C(=O)OC. The average Bonchev–Trinajstić information content (AvgIpc) is 2.27. The molecule has 0 bridgehead atoms. The summed E-state index contributed by atoms with van der Waals surface area (Å²) >= 11 is 0. The molecule has 0 saturated heterocycles. The summed E-state index contributed by atoms with van der Waals surface area (Å²) in [5, 5.41) is 0. The highest BCUT2D eigenvalue weighted by molar-refractivity contribution is 5.87. The molecule has 0 aromatic heterocycles. The third-order valence-electron chi connectivity index (χ3n) is 2.80. The first-order chi connectivity index (χ1) is 7.61. The lowest BCUT2D eigenvalue weighted by Gasteiger charge is -2.07. The highest BCUT2D eigenvalue weighted by atomic mass is 16.5. The molecule has 0 amide bonds. The van der Waals surface area contributed by atoms with E-state index < -0.39 is 0 Å². The quantitative estimate of drug-likeness (QED) is 0.354. The molecule has 0 aromatic rings. The molecule has 0 aliphatic carbocycles. The summed E-state index contributed by atoms with van der Waals surface area (Å²) in [6.07, 6.45) is 9.71. The van der Waals surface area contributed by atoms with E-state index in [1.54, 1.807) is 0 Å². The van der Waals surface area contributed by atoms with Crippen molar-refractivity contribution in [3.05, 3.63) is 11.6 Å². The number of allylic oxidation sites excluding steroid dienone is 1. The van der Waals surface area contributed by atoms with Crippen molar-refractivity contribution in [2.24, 2.45) is 5.92 Å². The van der Waals surface area contributed by atoms with Crippen molar-refractivity contribution in [1.29, 1.82) is 0 Å². The Morgan fingerprint density at radius 3 is 2.44 bits per heavy atom. The molecule has 2 heteroatoms. The third kappa shape index (κ3) is 7.49. The van der Waals surface area contributed by atoms with Gasteiger partial charge in [-0.05, 0) is 19.3 Å². The van der Waals surface area contributed by atoms with Crippen molar-refractivity contribution in [1.82, 2.24) is 0 Å². The first-order valence-electron chi connectivity index (χ1n) is 6.38. The van der Waals surface area contributed by atoms with Crippen LogP contribution < -0.4 is 0 Å². The van der Waals surface area contributed by atoms with E-state index in [0.29, 0.717) is 5.92 Å². The molecule has 0 aromatic carbocycles. The lowest BCUT2D eigenvalue weighted by atomic mass is 10.00. The molecule has 0 radical (unpaired) electrons. The molecule has 0 aliphatic rings. The second-order valence-corrected chi connectivity index (χ2v) is 4.52. The van der Waals surface area contributed by atoms with Gasteiger partial charge in [0.25, 0.3) is 0 Å². The van der Waals surface area contributed by atoms with Crippen LogP contribution in [-0.2, 0) is 9.53 Å². The van der Waals surface area contributed by atoms with Crippen LogP contribution in [0.25, 0.3) is 0 Å². The highest BCUT2D eigenvalue weighted by Gasteiger charge is 2.05. The predicted molar refractivity (Wildman–Crippen MR) is 68.3 cm³/mol. The van der Waals surface area contributed by atoms with E-state index >= 15 is 0 Å². The Morgan fingerprint density at radius 2 is 1.88 bits per heavy atom. The first kappa shape index (κ1) is 15.2. The summed E-state index contributed by atoms with van der Waals surface area (Å²) in [5.74, 6) is 0.263. The molecule has 0 spiro atoms. The summed E-state index contributed by atoms with van der Waals surface area (Å²) in [5.41, 5.74) is 0.726. The van der Waals surface area contributed by atoms with Crippen LogP contribution in [0.2, 0.25) is 0 Å². The molecule has 0 aliphatic heterocycles. The zero-order chi connectivity index (χ0) is 12.4. The van der Waals surface area contributed by atoms with Crippen molar-refractivity contribution >= 4 is 5.97 Å². The summed E-state index contributed by atoms with van der Waals surface area (Å²) in [6, 6.07) is 0. The van der Waals surface area contributed by atoms with Crippen LogP contribution >= 0.6 is 0 Å². The van der Waals surface area contributed by atoms with Crippen LogP contribution in [-0.4, -0.2) is 13.1 Å². The number of hydrogen-bond donors (Lipinski definition) is 0. The maximum absolute atomic E-state index is 11.2. The van der Waals surface area contributed by atoms with E-state index in [-0.39, 0.29) is 5.97 Å². The molecule has 2 nitrogen and oxygen atoms in total. The van der Waals surface area contributed by atoms with Crippen LogP contribution in [0.5, 0.6) is 0 Å². The minimum absolute atomic E-state index is 0.210. The van der Waals surface area contributed by atoms with Gasteiger partial charge in [-0.2, -0.15) is 0 Å². The van der Waals surface area contributed by atoms with Crippen molar-refractivity contribution < 1.29 is 9.53 Å². The molecular formula is C14H26O2. The van der Waals surface area contributed by atoms with Crippen LogP contribution in [0.15, 0.2) is 11.6 Å². The number of carbonyl (C=O) groups excluding carboxylic acids is 1. The molecule has 0 rings (SSSR count). The van der Waals surface area contributed by atoms with Gasteiger partial charge in [-0.15, -0.1) is 0 Å². The molecule has 0 heterocycles. The van der Waals surface area contributed by atoms with E-state index in [2.05, 4.69) is 18.6 Å². The Morgan fingerprint density at radius 1 is 1.25 bits per heavy atom. The molecule has 16 heavy (non-hydrogen) atoms. The summed E-state index contributed by atoms with van der Waals surface area (Å²) in [6.45, 7) is 6.21. The predicted octanol–water partition coefficient (Wildman–Crippen LogP) is 4.10. The molecule has 94 valence electrons. The number of ether oxygens (including phenoxy) is 1. The normalized spacial score (nSPS) is 13.6. The monoisotopic (exact) mass is 226 g/mol. The van der Waals surface area contributed by atoms with E-state index in [0.717, 1.165) is 12.0 Å². The minimum Gasteiger partial charge on any atom is -0.466 e. The molecule has 1 atom stereocenters.